The fourth-order valence-electron chi connectivity index (χ4n) is 4.44. The van der Waals surface area contributed by atoms with E-state index in [1.54, 1.807) is 0 Å². The van der Waals surface area contributed by atoms with Gasteiger partial charge in [-0.3, -0.25) is 14.9 Å². The molecule has 1 amide bonds. The largest absolute Gasteiger partial charge is 0.364 e. The number of carbonyl (C=O) groups excluding carboxylic acids is 1. The Balaban J connectivity index is 1.53. The van der Waals surface area contributed by atoms with Crippen molar-refractivity contribution in [2.45, 2.75) is 65.6 Å². The fourth-order valence-corrected chi connectivity index (χ4v) is 4.44. The first-order valence-corrected chi connectivity index (χ1v) is 9.63. The highest BCUT2D eigenvalue weighted by Crippen LogP contribution is 2.34. The van der Waals surface area contributed by atoms with Crippen LogP contribution in [0.15, 0.2) is 4.99 Å². The molecule has 1 fully saturated rings. The molecule has 25 heavy (non-hydrogen) atoms. The Morgan fingerprint density at radius 3 is 2.76 bits per heavy atom. The zero-order chi connectivity index (χ0) is 17.7. The predicted octanol–water partition coefficient (Wildman–Crippen LogP) is 2.10. The first-order chi connectivity index (χ1) is 11.9. The lowest BCUT2D eigenvalue weighted by atomic mass is 9.77. The maximum atomic E-state index is 12.3. The van der Waals surface area contributed by atoms with Gasteiger partial charge in [-0.15, -0.1) is 0 Å². The Kier molecular flexibility index (Phi) is 4.08. The first-order valence-electron chi connectivity index (χ1n) is 9.63. The highest BCUT2D eigenvalue weighted by Gasteiger charge is 2.39. The maximum Gasteiger partial charge on any atom is 0.225 e. The zero-order valence-corrected chi connectivity index (χ0v) is 15.7. The Morgan fingerprint density at radius 2 is 2.00 bits per heavy atom. The summed E-state index contributed by atoms with van der Waals surface area (Å²) in [6, 6.07) is 0.840. The van der Waals surface area contributed by atoms with E-state index >= 15 is 0 Å². The van der Waals surface area contributed by atoms with Crippen molar-refractivity contribution in [2.75, 3.05) is 6.54 Å². The van der Waals surface area contributed by atoms with Gasteiger partial charge < -0.3 is 10.2 Å². The van der Waals surface area contributed by atoms with Crippen molar-refractivity contribution in [3.05, 3.63) is 17.0 Å². The van der Waals surface area contributed by atoms with Crippen LogP contribution in [0.5, 0.6) is 0 Å². The molecule has 2 N–H and O–H groups in total. The number of hydrogen-bond donors (Lipinski definition) is 2. The number of H-pyrrole nitrogens is 1. The van der Waals surface area contributed by atoms with Crippen LogP contribution in [0.25, 0.3) is 0 Å². The van der Waals surface area contributed by atoms with E-state index in [0.29, 0.717) is 18.6 Å². The predicted molar refractivity (Wildman–Crippen MR) is 97.4 cm³/mol. The molecule has 1 aliphatic carbocycles. The molecule has 4 atom stereocenters. The van der Waals surface area contributed by atoms with Gasteiger partial charge >= 0.3 is 0 Å². The number of rotatable bonds is 2. The smallest absolute Gasteiger partial charge is 0.225 e. The van der Waals surface area contributed by atoms with Gasteiger partial charge in [0.05, 0.1) is 24.3 Å². The highest BCUT2D eigenvalue weighted by atomic mass is 16.2. The van der Waals surface area contributed by atoms with Crippen molar-refractivity contribution < 1.29 is 4.79 Å². The number of nitrogens with zero attached hydrogens (tertiary/aromatic N) is 3. The van der Waals surface area contributed by atoms with Crippen LogP contribution in [0.4, 0.5) is 0 Å². The van der Waals surface area contributed by atoms with E-state index in [4.69, 9.17) is 4.99 Å². The Hall–Kier alpha value is -1.85. The lowest BCUT2D eigenvalue weighted by Crippen LogP contribution is -2.42. The number of hydrogen-bond acceptors (Lipinski definition) is 4. The third-order valence-electron chi connectivity index (χ3n) is 6.26. The molecular weight excluding hydrogens is 314 g/mol. The van der Waals surface area contributed by atoms with Gasteiger partial charge in [-0.25, -0.2) is 0 Å². The lowest BCUT2D eigenvalue weighted by molar-refractivity contribution is -0.135. The van der Waals surface area contributed by atoms with Gasteiger partial charge in [0.15, 0.2) is 0 Å². The minimum Gasteiger partial charge on any atom is -0.364 e. The van der Waals surface area contributed by atoms with Gasteiger partial charge in [0.2, 0.25) is 5.91 Å². The topological polar surface area (TPSA) is 73.4 Å². The summed E-state index contributed by atoms with van der Waals surface area (Å²) in [6.07, 6.45) is 3.19. The SMILES string of the molecule is CC(C)C(=O)N1CCc2c(C3=N[C@@H]4CC(C)C(C)CC4N3)n[nH]c2C1. The van der Waals surface area contributed by atoms with Crippen LogP contribution < -0.4 is 5.32 Å². The number of aromatic amines is 1. The molecule has 4 rings (SSSR count). The third kappa shape index (κ3) is 2.85. The van der Waals surface area contributed by atoms with Crippen LogP contribution in [0, 0.1) is 17.8 Å². The van der Waals surface area contributed by atoms with Crippen molar-refractivity contribution in [1.29, 1.82) is 0 Å². The molecule has 6 nitrogen and oxygen atoms in total. The monoisotopic (exact) mass is 343 g/mol. The summed E-state index contributed by atoms with van der Waals surface area (Å²) in [7, 11) is 0. The second-order valence-corrected chi connectivity index (χ2v) is 8.42. The quantitative estimate of drug-likeness (QED) is 0.864. The number of nitrogens with one attached hydrogen (secondary N) is 2. The molecule has 1 aromatic rings. The van der Waals surface area contributed by atoms with Gasteiger partial charge in [-0.05, 0) is 31.1 Å². The van der Waals surface area contributed by atoms with Gasteiger partial charge in [-0.2, -0.15) is 5.10 Å². The molecule has 3 heterocycles. The molecule has 0 saturated heterocycles. The third-order valence-corrected chi connectivity index (χ3v) is 6.26. The van der Waals surface area contributed by atoms with E-state index in [2.05, 4.69) is 29.4 Å². The van der Waals surface area contributed by atoms with E-state index in [1.807, 2.05) is 18.7 Å². The Labute approximate surface area is 149 Å². The average molecular weight is 343 g/mol. The summed E-state index contributed by atoms with van der Waals surface area (Å²) in [5.41, 5.74) is 3.27. The van der Waals surface area contributed by atoms with Crippen LogP contribution in [-0.2, 0) is 17.8 Å². The summed E-state index contributed by atoms with van der Waals surface area (Å²) in [4.78, 5) is 19.2. The zero-order valence-electron chi connectivity index (χ0n) is 15.7. The van der Waals surface area contributed by atoms with Gasteiger partial charge in [-0.1, -0.05) is 27.7 Å². The molecule has 2 aliphatic heterocycles. The highest BCUT2D eigenvalue weighted by molar-refractivity contribution is 6.00. The molecule has 6 heteroatoms. The minimum absolute atomic E-state index is 0.0388. The summed E-state index contributed by atoms with van der Waals surface area (Å²) in [6.45, 7) is 10.00. The van der Waals surface area contributed by atoms with Gasteiger partial charge in [0.25, 0.3) is 0 Å². The first kappa shape index (κ1) is 16.6. The van der Waals surface area contributed by atoms with Crippen molar-refractivity contribution in [1.82, 2.24) is 20.4 Å². The van der Waals surface area contributed by atoms with Gasteiger partial charge in [0.1, 0.15) is 11.5 Å². The lowest BCUT2D eigenvalue weighted by Gasteiger charge is -2.33. The van der Waals surface area contributed by atoms with Crippen molar-refractivity contribution in [3.8, 4) is 0 Å². The maximum absolute atomic E-state index is 12.3. The summed E-state index contributed by atoms with van der Waals surface area (Å²) >= 11 is 0. The normalized spacial score (nSPS) is 31.4. The van der Waals surface area contributed by atoms with Crippen LogP contribution in [0.2, 0.25) is 0 Å². The van der Waals surface area contributed by atoms with E-state index in [0.717, 1.165) is 48.4 Å². The molecule has 1 aromatic heterocycles. The Bertz CT molecular complexity index is 707. The molecule has 0 spiro atoms. The molecular formula is C19H29N5O. The second-order valence-electron chi connectivity index (χ2n) is 8.42. The molecule has 136 valence electrons. The number of amidine groups is 1. The Morgan fingerprint density at radius 1 is 1.24 bits per heavy atom. The van der Waals surface area contributed by atoms with Crippen molar-refractivity contribution in [2.24, 2.45) is 22.7 Å². The number of aliphatic imine (C=N–C) groups is 1. The summed E-state index contributed by atoms with van der Waals surface area (Å²) in [5.74, 6) is 2.68. The second kappa shape index (κ2) is 6.15. The number of fused-ring (bicyclic) bond motifs is 2. The van der Waals surface area contributed by atoms with Crippen LogP contribution >= 0.6 is 0 Å². The molecule has 0 aromatic carbocycles. The number of amides is 1. The minimum atomic E-state index is 0.0388. The average Bonchev–Trinajstić information content (AvgIpc) is 3.17. The van der Waals surface area contributed by atoms with E-state index in [-0.39, 0.29) is 11.8 Å². The van der Waals surface area contributed by atoms with E-state index in [9.17, 15) is 4.79 Å². The van der Waals surface area contributed by atoms with Crippen LogP contribution in [-0.4, -0.2) is 45.5 Å². The fraction of sp³-hybridized carbons (Fsp3) is 0.737. The molecule has 3 aliphatic rings. The molecule has 0 bridgehead atoms. The number of carbonyl (C=O) groups is 1. The molecule has 3 unspecified atom stereocenters. The van der Waals surface area contributed by atoms with Crippen molar-refractivity contribution in [3.63, 3.8) is 0 Å². The summed E-state index contributed by atoms with van der Waals surface area (Å²) in [5, 5.41) is 11.4. The van der Waals surface area contributed by atoms with Crippen LogP contribution in [0.3, 0.4) is 0 Å². The van der Waals surface area contributed by atoms with Crippen LogP contribution in [0.1, 0.15) is 57.5 Å². The summed E-state index contributed by atoms with van der Waals surface area (Å²) < 4.78 is 0. The molecule has 1 saturated carbocycles. The number of aromatic nitrogens is 2. The van der Waals surface area contributed by atoms with E-state index < -0.39 is 0 Å². The standard InChI is InChI=1S/C19H29N5O/c1-10(2)19(25)24-6-5-13-16(9-24)22-23-17(13)18-20-14-7-11(3)12(4)8-15(14)21-18/h10-12,14-15H,5-9H2,1-4H3,(H,20,21)(H,22,23)/t11?,12?,14-,15?/m1/s1. The van der Waals surface area contributed by atoms with Gasteiger partial charge in [0, 0.05) is 18.0 Å². The van der Waals surface area contributed by atoms with E-state index in [1.165, 1.54) is 12.0 Å². The van der Waals surface area contributed by atoms with Crippen molar-refractivity contribution >= 4 is 11.7 Å². The molecule has 0 radical (unpaired) electrons.